The molecular formula is C12H21N3O. The summed E-state index contributed by atoms with van der Waals surface area (Å²) < 4.78 is 5.26. The highest BCUT2D eigenvalue weighted by molar-refractivity contribution is 5.14. The maximum Gasteiger partial charge on any atom is 0.228 e. The van der Waals surface area contributed by atoms with Crippen LogP contribution in [0.25, 0.3) is 0 Å². The first-order chi connectivity index (χ1) is 7.31. The van der Waals surface area contributed by atoms with Gasteiger partial charge in [-0.1, -0.05) is 32.9 Å². The van der Waals surface area contributed by atoms with Gasteiger partial charge >= 0.3 is 0 Å². The lowest BCUT2D eigenvalue weighted by atomic mass is 9.85. The van der Waals surface area contributed by atoms with Gasteiger partial charge in [0.15, 0.2) is 5.82 Å². The number of rotatable bonds is 3. The Morgan fingerprint density at radius 3 is 2.56 bits per heavy atom. The molecule has 0 aromatic carbocycles. The molecule has 4 heteroatoms. The van der Waals surface area contributed by atoms with Crippen LogP contribution in [0.1, 0.15) is 52.3 Å². The predicted octanol–water partition coefficient (Wildman–Crippen LogP) is 2.04. The van der Waals surface area contributed by atoms with Gasteiger partial charge in [0.2, 0.25) is 5.89 Å². The Kier molecular flexibility index (Phi) is 2.57. The molecule has 1 heterocycles. The van der Waals surface area contributed by atoms with E-state index in [-0.39, 0.29) is 16.9 Å². The third-order valence-corrected chi connectivity index (χ3v) is 3.51. The summed E-state index contributed by atoms with van der Waals surface area (Å²) in [6, 6.07) is 0.0489. The molecular weight excluding hydrogens is 202 g/mol. The number of nitrogens with two attached hydrogens (primary N) is 1. The van der Waals surface area contributed by atoms with Crippen LogP contribution in [0.4, 0.5) is 0 Å². The molecule has 0 saturated heterocycles. The molecule has 1 aliphatic carbocycles. The number of nitrogens with zero attached hydrogens (tertiary/aromatic N) is 2. The summed E-state index contributed by atoms with van der Waals surface area (Å²) in [6.45, 7) is 8.54. The summed E-state index contributed by atoms with van der Waals surface area (Å²) in [6.07, 6.45) is 2.99. The molecule has 1 aromatic heterocycles. The van der Waals surface area contributed by atoms with Crippen molar-refractivity contribution in [2.75, 3.05) is 0 Å². The topological polar surface area (TPSA) is 64.9 Å². The van der Waals surface area contributed by atoms with Crippen LogP contribution < -0.4 is 5.73 Å². The van der Waals surface area contributed by atoms with Gasteiger partial charge < -0.3 is 10.3 Å². The van der Waals surface area contributed by atoms with Gasteiger partial charge in [-0.25, -0.2) is 0 Å². The van der Waals surface area contributed by atoms with Crippen LogP contribution in [0, 0.1) is 5.41 Å². The van der Waals surface area contributed by atoms with Gasteiger partial charge in [-0.2, -0.15) is 4.98 Å². The predicted molar refractivity (Wildman–Crippen MR) is 62.0 cm³/mol. The molecule has 1 unspecified atom stereocenters. The van der Waals surface area contributed by atoms with Crippen molar-refractivity contribution in [3.8, 4) is 0 Å². The van der Waals surface area contributed by atoms with E-state index in [1.54, 1.807) is 0 Å². The lowest BCUT2D eigenvalue weighted by Gasteiger charge is -2.25. The molecule has 0 spiro atoms. The number of hydrogen-bond acceptors (Lipinski definition) is 4. The Hall–Kier alpha value is -0.900. The van der Waals surface area contributed by atoms with Gasteiger partial charge in [0.1, 0.15) is 0 Å². The van der Waals surface area contributed by atoms with Crippen molar-refractivity contribution < 1.29 is 4.52 Å². The quantitative estimate of drug-likeness (QED) is 0.851. The Morgan fingerprint density at radius 2 is 2.06 bits per heavy atom. The molecule has 1 aliphatic rings. The van der Waals surface area contributed by atoms with E-state index in [1.807, 2.05) is 0 Å². The van der Waals surface area contributed by atoms with E-state index in [0.717, 1.165) is 18.7 Å². The summed E-state index contributed by atoms with van der Waals surface area (Å²) in [5.41, 5.74) is 6.33. The molecule has 0 bridgehead atoms. The van der Waals surface area contributed by atoms with Crippen molar-refractivity contribution in [3.05, 3.63) is 11.7 Å². The second-order valence-corrected chi connectivity index (χ2v) is 6.25. The Morgan fingerprint density at radius 1 is 1.44 bits per heavy atom. The van der Waals surface area contributed by atoms with Gasteiger partial charge in [0.25, 0.3) is 0 Å². The van der Waals surface area contributed by atoms with Crippen LogP contribution >= 0.6 is 0 Å². The largest absolute Gasteiger partial charge is 0.339 e. The highest BCUT2D eigenvalue weighted by Gasteiger charge is 2.43. The van der Waals surface area contributed by atoms with Gasteiger partial charge in [-0.3, -0.25) is 0 Å². The molecule has 2 rings (SSSR count). The normalized spacial score (nSPS) is 20.8. The van der Waals surface area contributed by atoms with Crippen LogP contribution in [0.5, 0.6) is 0 Å². The Labute approximate surface area is 96.6 Å². The van der Waals surface area contributed by atoms with Gasteiger partial charge in [-0.15, -0.1) is 0 Å². The summed E-state index contributed by atoms with van der Waals surface area (Å²) in [7, 11) is 0. The van der Waals surface area contributed by atoms with E-state index < -0.39 is 0 Å². The fraction of sp³-hybridized carbons (Fsp3) is 0.833. The molecule has 0 radical (unpaired) electrons. The van der Waals surface area contributed by atoms with Crippen LogP contribution in [0.15, 0.2) is 4.52 Å². The van der Waals surface area contributed by atoms with Crippen molar-refractivity contribution in [2.24, 2.45) is 11.1 Å². The van der Waals surface area contributed by atoms with Crippen molar-refractivity contribution in [2.45, 2.75) is 58.4 Å². The monoisotopic (exact) mass is 223 g/mol. The molecule has 1 saturated carbocycles. The molecule has 4 nitrogen and oxygen atoms in total. The van der Waals surface area contributed by atoms with Crippen molar-refractivity contribution in [1.29, 1.82) is 0 Å². The molecule has 1 atom stereocenters. The van der Waals surface area contributed by atoms with Crippen molar-refractivity contribution in [1.82, 2.24) is 10.1 Å². The molecule has 16 heavy (non-hydrogen) atoms. The fourth-order valence-electron chi connectivity index (χ4n) is 1.49. The van der Waals surface area contributed by atoms with Crippen LogP contribution in [-0.2, 0) is 11.8 Å². The molecule has 2 N–H and O–H groups in total. The average molecular weight is 223 g/mol. The Bertz CT molecular complexity index is 374. The standard InChI is InChI=1S/C12H21N3O/c1-11(2,3)8(13)7-9-14-10(15-16-9)12(4)5-6-12/h8H,5-7,13H2,1-4H3. The first-order valence-electron chi connectivity index (χ1n) is 5.90. The zero-order valence-corrected chi connectivity index (χ0v) is 10.6. The molecule has 0 amide bonds. The Balaban J connectivity index is 2.03. The number of hydrogen-bond donors (Lipinski definition) is 1. The van der Waals surface area contributed by atoms with Crippen molar-refractivity contribution >= 4 is 0 Å². The zero-order chi connectivity index (χ0) is 12.0. The van der Waals surface area contributed by atoms with E-state index in [4.69, 9.17) is 10.3 Å². The van der Waals surface area contributed by atoms with Gasteiger partial charge in [-0.05, 0) is 18.3 Å². The van der Waals surface area contributed by atoms with E-state index in [0.29, 0.717) is 12.3 Å². The second kappa shape index (κ2) is 3.55. The SMILES string of the molecule is CC1(c2noc(CC(N)C(C)(C)C)n2)CC1. The van der Waals surface area contributed by atoms with Crippen LogP contribution in [-0.4, -0.2) is 16.2 Å². The lowest BCUT2D eigenvalue weighted by molar-refractivity contribution is 0.285. The highest BCUT2D eigenvalue weighted by Crippen LogP contribution is 2.45. The van der Waals surface area contributed by atoms with Gasteiger partial charge in [0, 0.05) is 17.9 Å². The maximum absolute atomic E-state index is 6.09. The third-order valence-electron chi connectivity index (χ3n) is 3.51. The lowest BCUT2D eigenvalue weighted by Crippen LogP contribution is -2.37. The molecule has 0 aliphatic heterocycles. The minimum absolute atomic E-state index is 0.0489. The summed E-state index contributed by atoms with van der Waals surface area (Å²) in [5.74, 6) is 1.52. The maximum atomic E-state index is 6.09. The fourth-order valence-corrected chi connectivity index (χ4v) is 1.49. The number of aromatic nitrogens is 2. The summed E-state index contributed by atoms with van der Waals surface area (Å²) >= 11 is 0. The van der Waals surface area contributed by atoms with E-state index >= 15 is 0 Å². The minimum atomic E-state index is 0.0489. The summed E-state index contributed by atoms with van der Waals surface area (Å²) in [4.78, 5) is 4.44. The first kappa shape index (κ1) is 11.6. The minimum Gasteiger partial charge on any atom is -0.339 e. The average Bonchev–Trinajstić information content (AvgIpc) is 2.75. The smallest absolute Gasteiger partial charge is 0.228 e. The van der Waals surface area contributed by atoms with E-state index in [2.05, 4.69) is 37.8 Å². The van der Waals surface area contributed by atoms with E-state index in [1.165, 1.54) is 0 Å². The molecule has 1 aromatic rings. The van der Waals surface area contributed by atoms with Gasteiger partial charge in [0.05, 0.1) is 0 Å². The second-order valence-electron chi connectivity index (χ2n) is 6.25. The van der Waals surface area contributed by atoms with E-state index in [9.17, 15) is 0 Å². The molecule has 90 valence electrons. The highest BCUT2D eigenvalue weighted by atomic mass is 16.5. The summed E-state index contributed by atoms with van der Waals surface area (Å²) in [5, 5.41) is 4.04. The zero-order valence-electron chi connectivity index (χ0n) is 10.6. The third kappa shape index (κ3) is 2.26. The van der Waals surface area contributed by atoms with Crippen LogP contribution in [0.2, 0.25) is 0 Å². The first-order valence-corrected chi connectivity index (χ1v) is 5.90. The molecule has 1 fully saturated rings. The van der Waals surface area contributed by atoms with Crippen LogP contribution in [0.3, 0.4) is 0 Å². The van der Waals surface area contributed by atoms with Crippen molar-refractivity contribution in [3.63, 3.8) is 0 Å².